The van der Waals surface area contributed by atoms with Crippen LogP contribution in [0.25, 0.3) is 0 Å². The number of carbonyl (C=O) groups is 1. The zero-order valence-electron chi connectivity index (χ0n) is 10.3. The molecule has 0 saturated carbocycles. The Balaban J connectivity index is 3.00. The van der Waals surface area contributed by atoms with Gasteiger partial charge in [0.05, 0.1) is 31.6 Å². The number of hydrogen-bond acceptors (Lipinski definition) is 5. The Labute approximate surface area is 106 Å². The molecule has 0 aliphatic heterocycles. The third kappa shape index (κ3) is 3.12. The number of hydrogen-bond donors (Lipinski definition) is 3. The molecule has 0 fully saturated rings. The molecule has 18 heavy (non-hydrogen) atoms. The van der Waals surface area contributed by atoms with Gasteiger partial charge in [0.25, 0.3) is 5.91 Å². The Morgan fingerprint density at radius 1 is 1.33 bits per heavy atom. The molecule has 1 aromatic carbocycles. The normalized spacial score (nSPS) is 10.2. The monoisotopic (exact) mass is 254 g/mol. The Morgan fingerprint density at radius 2 is 1.94 bits per heavy atom. The van der Waals surface area contributed by atoms with Crippen molar-refractivity contribution in [1.82, 2.24) is 4.90 Å². The molecular weight excluding hydrogens is 236 g/mol. The average molecular weight is 254 g/mol. The van der Waals surface area contributed by atoms with Crippen molar-refractivity contribution in [1.29, 1.82) is 0 Å². The molecule has 0 unspecified atom stereocenters. The molecule has 0 atom stereocenters. The minimum absolute atomic E-state index is 0.149. The van der Waals surface area contributed by atoms with Crippen LogP contribution in [0.4, 0.5) is 5.69 Å². The molecule has 4 N–H and O–H groups in total. The minimum Gasteiger partial charge on any atom is -0.495 e. The molecule has 1 aromatic rings. The number of nitrogens with zero attached hydrogens (tertiary/aromatic N) is 1. The van der Waals surface area contributed by atoms with E-state index in [1.54, 1.807) is 18.2 Å². The number of ether oxygens (including phenoxy) is 1. The number of rotatable bonds is 6. The van der Waals surface area contributed by atoms with Crippen molar-refractivity contribution in [3.63, 3.8) is 0 Å². The second-order valence-electron chi connectivity index (χ2n) is 3.66. The lowest BCUT2D eigenvalue weighted by molar-refractivity contribution is 0.0685. The zero-order chi connectivity index (χ0) is 13.5. The number of nitrogen functional groups attached to an aromatic ring is 1. The highest BCUT2D eigenvalue weighted by atomic mass is 16.5. The highest BCUT2D eigenvalue weighted by molar-refractivity contribution is 6.00. The largest absolute Gasteiger partial charge is 0.495 e. The summed E-state index contributed by atoms with van der Waals surface area (Å²) in [6, 6.07) is 4.91. The van der Waals surface area contributed by atoms with E-state index < -0.39 is 0 Å². The second kappa shape index (κ2) is 6.83. The van der Waals surface area contributed by atoms with Crippen LogP contribution in [0.1, 0.15) is 10.4 Å². The number of amides is 1. The molecule has 1 rings (SSSR count). The summed E-state index contributed by atoms with van der Waals surface area (Å²) in [5, 5.41) is 17.8. The van der Waals surface area contributed by atoms with Gasteiger partial charge >= 0.3 is 0 Å². The van der Waals surface area contributed by atoms with Crippen molar-refractivity contribution >= 4 is 11.6 Å². The zero-order valence-corrected chi connectivity index (χ0v) is 10.3. The molecule has 0 radical (unpaired) electrons. The fourth-order valence-electron chi connectivity index (χ4n) is 1.64. The van der Waals surface area contributed by atoms with Crippen LogP contribution >= 0.6 is 0 Å². The van der Waals surface area contributed by atoms with Crippen LogP contribution in [0.3, 0.4) is 0 Å². The standard InChI is InChI=1S/C12H18N2O4/c1-18-10-4-2-3-9(11(10)13)12(17)14(5-7-15)6-8-16/h2-4,15-16H,5-8,13H2,1H3. The van der Waals surface area contributed by atoms with Gasteiger partial charge in [0.1, 0.15) is 5.75 Å². The van der Waals surface area contributed by atoms with Gasteiger partial charge in [0.2, 0.25) is 0 Å². The van der Waals surface area contributed by atoms with E-state index in [1.807, 2.05) is 0 Å². The number of aliphatic hydroxyl groups excluding tert-OH is 2. The highest BCUT2D eigenvalue weighted by Gasteiger charge is 2.18. The number of benzene rings is 1. The topological polar surface area (TPSA) is 96.0 Å². The van der Waals surface area contributed by atoms with Crippen molar-refractivity contribution in [2.45, 2.75) is 0 Å². The SMILES string of the molecule is COc1cccc(C(=O)N(CCO)CCO)c1N. The molecule has 0 aliphatic rings. The van der Waals surface area contributed by atoms with Crippen LogP contribution in [0, 0.1) is 0 Å². The number of carbonyl (C=O) groups excluding carboxylic acids is 1. The van der Waals surface area contributed by atoms with Gasteiger partial charge in [-0.3, -0.25) is 4.79 Å². The van der Waals surface area contributed by atoms with Gasteiger partial charge in [0, 0.05) is 13.1 Å². The van der Waals surface area contributed by atoms with E-state index in [1.165, 1.54) is 12.0 Å². The summed E-state index contributed by atoms with van der Waals surface area (Å²) in [5.74, 6) is 0.0864. The maximum Gasteiger partial charge on any atom is 0.256 e. The molecule has 1 amide bonds. The van der Waals surface area contributed by atoms with Crippen LogP contribution in [-0.4, -0.2) is 54.4 Å². The van der Waals surface area contributed by atoms with Gasteiger partial charge in [-0.1, -0.05) is 6.07 Å². The van der Waals surface area contributed by atoms with Gasteiger partial charge in [-0.05, 0) is 12.1 Å². The van der Waals surface area contributed by atoms with E-state index in [0.29, 0.717) is 11.3 Å². The molecule has 0 saturated heterocycles. The number of para-hydroxylation sites is 1. The highest BCUT2D eigenvalue weighted by Crippen LogP contribution is 2.25. The molecule has 0 spiro atoms. The summed E-state index contributed by atoms with van der Waals surface area (Å²) >= 11 is 0. The Morgan fingerprint density at radius 3 is 2.44 bits per heavy atom. The van der Waals surface area contributed by atoms with E-state index >= 15 is 0 Å². The number of methoxy groups -OCH3 is 1. The molecule has 0 aliphatic carbocycles. The summed E-state index contributed by atoms with van der Waals surface area (Å²) in [5.41, 5.74) is 6.38. The van der Waals surface area contributed by atoms with Crippen LogP contribution in [-0.2, 0) is 0 Å². The Bertz CT molecular complexity index is 403. The molecule has 6 nitrogen and oxygen atoms in total. The van der Waals surface area contributed by atoms with Gasteiger partial charge in [-0.15, -0.1) is 0 Å². The molecular formula is C12H18N2O4. The van der Waals surface area contributed by atoms with Crippen molar-refractivity contribution in [2.24, 2.45) is 0 Å². The lowest BCUT2D eigenvalue weighted by atomic mass is 10.1. The Kier molecular flexibility index (Phi) is 5.41. The van der Waals surface area contributed by atoms with Crippen LogP contribution in [0.5, 0.6) is 5.75 Å². The predicted molar refractivity (Wildman–Crippen MR) is 67.5 cm³/mol. The van der Waals surface area contributed by atoms with Gasteiger partial charge in [-0.2, -0.15) is 0 Å². The fraction of sp³-hybridized carbons (Fsp3) is 0.417. The van der Waals surface area contributed by atoms with Gasteiger partial charge in [-0.25, -0.2) is 0 Å². The third-order valence-corrected chi connectivity index (χ3v) is 2.54. The lowest BCUT2D eigenvalue weighted by Gasteiger charge is -2.21. The number of anilines is 1. The quantitative estimate of drug-likeness (QED) is 0.606. The van der Waals surface area contributed by atoms with Crippen molar-refractivity contribution in [3.05, 3.63) is 23.8 Å². The summed E-state index contributed by atoms with van der Waals surface area (Å²) in [6.45, 7) is -0.0443. The summed E-state index contributed by atoms with van der Waals surface area (Å²) < 4.78 is 5.04. The second-order valence-corrected chi connectivity index (χ2v) is 3.66. The van der Waals surface area contributed by atoms with E-state index in [0.717, 1.165) is 0 Å². The first kappa shape index (κ1) is 14.3. The first-order chi connectivity index (χ1) is 8.65. The van der Waals surface area contributed by atoms with Crippen molar-refractivity contribution < 1.29 is 19.7 Å². The van der Waals surface area contributed by atoms with Crippen molar-refractivity contribution in [3.8, 4) is 5.75 Å². The van der Waals surface area contributed by atoms with E-state index in [2.05, 4.69) is 0 Å². The lowest BCUT2D eigenvalue weighted by Crippen LogP contribution is -2.36. The molecule has 100 valence electrons. The first-order valence-electron chi connectivity index (χ1n) is 5.59. The fourth-order valence-corrected chi connectivity index (χ4v) is 1.64. The van der Waals surface area contributed by atoms with Crippen LogP contribution in [0.2, 0.25) is 0 Å². The van der Waals surface area contributed by atoms with E-state index in [-0.39, 0.29) is 37.9 Å². The Hall–Kier alpha value is -1.79. The summed E-state index contributed by atoms with van der Waals surface area (Å²) in [7, 11) is 1.47. The molecule has 0 bridgehead atoms. The maximum absolute atomic E-state index is 12.2. The predicted octanol–water partition coefficient (Wildman–Crippen LogP) is -0.296. The average Bonchev–Trinajstić information content (AvgIpc) is 2.38. The number of nitrogens with two attached hydrogens (primary N) is 1. The van der Waals surface area contributed by atoms with Gasteiger partial charge in [0.15, 0.2) is 0 Å². The smallest absolute Gasteiger partial charge is 0.256 e. The summed E-state index contributed by atoms with van der Waals surface area (Å²) in [4.78, 5) is 13.5. The molecule has 0 aromatic heterocycles. The van der Waals surface area contributed by atoms with Gasteiger partial charge < -0.3 is 25.6 Å². The summed E-state index contributed by atoms with van der Waals surface area (Å²) in [6.07, 6.45) is 0. The molecule has 0 heterocycles. The van der Waals surface area contributed by atoms with E-state index in [9.17, 15) is 4.79 Å². The van der Waals surface area contributed by atoms with Crippen LogP contribution in [0.15, 0.2) is 18.2 Å². The molecule has 6 heteroatoms. The third-order valence-electron chi connectivity index (χ3n) is 2.54. The van der Waals surface area contributed by atoms with E-state index in [4.69, 9.17) is 20.7 Å². The van der Waals surface area contributed by atoms with Crippen LogP contribution < -0.4 is 10.5 Å². The maximum atomic E-state index is 12.2. The minimum atomic E-state index is -0.338. The van der Waals surface area contributed by atoms with Crippen molar-refractivity contribution in [2.75, 3.05) is 39.1 Å². The first-order valence-corrected chi connectivity index (χ1v) is 5.59. The number of aliphatic hydroxyl groups is 2.